The van der Waals surface area contributed by atoms with Crippen LogP contribution in [0, 0.1) is 7.14 Å². The summed E-state index contributed by atoms with van der Waals surface area (Å²) >= 11 is 5.84. The Morgan fingerprint density at radius 3 is 2.35 bits per heavy atom. The van der Waals surface area contributed by atoms with E-state index in [2.05, 4.69) is 45.2 Å². The number of hydrogen-bond donors (Lipinski definition) is 0. The van der Waals surface area contributed by atoms with E-state index in [4.69, 9.17) is 19.2 Å². The SMILES string of the molecule is CCOc1ccc([C@@H]2C(C(=O)OC(C)C)=C(C)N=c3s/c(=C/c4cc(I)c(OCc5ccccc5)c(I)c4)c(=O)n32)cc1. The molecule has 4 aromatic rings. The molecule has 1 aliphatic heterocycles. The molecule has 0 bridgehead atoms. The summed E-state index contributed by atoms with van der Waals surface area (Å²) < 4.78 is 21.4. The van der Waals surface area contributed by atoms with Crippen LogP contribution in [0.1, 0.15) is 50.4 Å². The third-order valence-corrected chi connectivity index (χ3v) is 9.22. The second-order valence-corrected chi connectivity index (χ2v) is 13.5. The number of rotatable bonds is 9. The van der Waals surface area contributed by atoms with Gasteiger partial charge in [0.2, 0.25) is 0 Å². The number of ether oxygens (including phenoxy) is 3. The lowest BCUT2D eigenvalue weighted by molar-refractivity contribution is -0.143. The van der Waals surface area contributed by atoms with E-state index in [9.17, 15) is 9.59 Å². The number of aromatic nitrogens is 1. The molecule has 222 valence electrons. The highest BCUT2D eigenvalue weighted by molar-refractivity contribution is 14.1. The molecule has 0 unspecified atom stereocenters. The zero-order chi connectivity index (χ0) is 30.7. The maximum absolute atomic E-state index is 14.0. The first-order chi connectivity index (χ1) is 20.7. The van der Waals surface area contributed by atoms with E-state index in [1.807, 2.05) is 79.7 Å². The fourth-order valence-corrected chi connectivity index (χ4v) is 7.94. The van der Waals surface area contributed by atoms with Crippen LogP contribution in [0.2, 0.25) is 0 Å². The van der Waals surface area contributed by atoms with E-state index in [0.29, 0.717) is 39.6 Å². The summed E-state index contributed by atoms with van der Waals surface area (Å²) in [7, 11) is 0. The van der Waals surface area contributed by atoms with Crippen LogP contribution in [-0.2, 0) is 16.1 Å². The van der Waals surface area contributed by atoms with Gasteiger partial charge >= 0.3 is 5.97 Å². The molecule has 7 nitrogen and oxygen atoms in total. The molecule has 0 saturated heterocycles. The van der Waals surface area contributed by atoms with Gasteiger partial charge in [0, 0.05) is 0 Å². The van der Waals surface area contributed by atoms with Gasteiger partial charge in [0.15, 0.2) is 4.80 Å². The van der Waals surface area contributed by atoms with Crippen molar-refractivity contribution in [2.24, 2.45) is 4.99 Å². The molecule has 0 N–H and O–H groups in total. The number of halogens is 2. The minimum atomic E-state index is -0.686. The zero-order valence-electron chi connectivity index (χ0n) is 24.1. The first-order valence-corrected chi connectivity index (χ1v) is 16.8. The number of allylic oxidation sites excluding steroid dienone is 1. The maximum atomic E-state index is 14.0. The van der Waals surface area contributed by atoms with Gasteiger partial charge in [-0.2, -0.15) is 0 Å². The van der Waals surface area contributed by atoms with E-state index < -0.39 is 12.0 Å². The molecule has 1 aromatic heterocycles. The molecule has 43 heavy (non-hydrogen) atoms. The number of benzene rings is 3. The standard InChI is InChI=1S/C33H30I2N2O5S/c1-5-40-24-13-11-23(12-14-24)29-28(32(39)42-19(2)3)20(4)36-33-37(29)31(38)27(43-33)17-22-15-25(34)30(26(35)16-22)41-18-21-9-7-6-8-10-21/h6-17,19,29H,5,18H2,1-4H3/b27-17+/t29-/m1/s1. The quantitative estimate of drug-likeness (QED) is 0.145. The number of carbonyl (C=O) groups excluding carboxylic acids is 1. The third-order valence-electron chi connectivity index (χ3n) is 6.64. The topological polar surface area (TPSA) is 79.1 Å². The van der Waals surface area contributed by atoms with Crippen LogP contribution in [-0.4, -0.2) is 23.2 Å². The average molecular weight is 820 g/mol. The van der Waals surface area contributed by atoms with Gasteiger partial charge in [-0.15, -0.1) is 0 Å². The molecule has 3 aromatic carbocycles. The van der Waals surface area contributed by atoms with Crippen LogP contribution >= 0.6 is 56.5 Å². The van der Waals surface area contributed by atoms with Crippen LogP contribution in [0.4, 0.5) is 0 Å². The minimum Gasteiger partial charge on any atom is -0.494 e. The highest BCUT2D eigenvalue weighted by Gasteiger charge is 2.33. The first-order valence-electron chi connectivity index (χ1n) is 13.8. The van der Waals surface area contributed by atoms with Crippen molar-refractivity contribution in [2.45, 2.75) is 46.4 Å². The molecule has 0 aliphatic carbocycles. The predicted molar refractivity (Wildman–Crippen MR) is 185 cm³/mol. The largest absolute Gasteiger partial charge is 0.494 e. The van der Waals surface area contributed by atoms with Gasteiger partial charge in [-0.1, -0.05) is 53.8 Å². The van der Waals surface area contributed by atoms with Gasteiger partial charge in [-0.25, -0.2) is 9.79 Å². The van der Waals surface area contributed by atoms with Crippen LogP contribution in [0.15, 0.2) is 87.8 Å². The molecule has 0 saturated carbocycles. The summed E-state index contributed by atoms with van der Waals surface area (Å²) in [5.74, 6) is 1.04. The predicted octanol–water partition coefficient (Wildman–Crippen LogP) is 6.37. The number of fused-ring (bicyclic) bond motifs is 1. The highest BCUT2D eigenvalue weighted by atomic mass is 127. The molecular weight excluding hydrogens is 790 g/mol. The average Bonchev–Trinajstić information content (AvgIpc) is 3.26. The molecule has 1 atom stereocenters. The molecule has 5 rings (SSSR count). The Bertz CT molecular complexity index is 1840. The Labute approximate surface area is 281 Å². The van der Waals surface area contributed by atoms with Crippen LogP contribution in [0.25, 0.3) is 6.08 Å². The van der Waals surface area contributed by atoms with E-state index in [-0.39, 0.29) is 11.7 Å². The lowest BCUT2D eigenvalue weighted by atomic mass is 9.96. The summed E-state index contributed by atoms with van der Waals surface area (Å²) in [6.07, 6.45) is 1.55. The Morgan fingerprint density at radius 2 is 1.72 bits per heavy atom. The van der Waals surface area contributed by atoms with Crippen LogP contribution in [0.5, 0.6) is 11.5 Å². The number of carbonyl (C=O) groups is 1. The second kappa shape index (κ2) is 13.8. The van der Waals surface area contributed by atoms with Gasteiger partial charge < -0.3 is 14.2 Å². The zero-order valence-corrected chi connectivity index (χ0v) is 29.2. The number of hydrogen-bond acceptors (Lipinski definition) is 7. The fraction of sp³-hybridized carbons (Fsp3) is 0.242. The smallest absolute Gasteiger partial charge is 0.338 e. The molecule has 0 amide bonds. The van der Waals surface area contributed by atoms with E-state index in [1.165, 1.54) is 11.3 Å². The summed E-state index contributed by atoms with van der Waals surface area (Å²) in [5, 5.41) is 0. The van der Waals surface area contributed by atoms with Gasteiger partial charge in [-0.05, 0) is 120 Å². The van der Waals surface area contributed by atoms with Gasteiger partial charge in [0.1, 0.15) is 18.1 Å². The third kappa shape index (κ3) is 7.07. The van der Waals surface area contributed by atoms with Crippen molar-refractivity contribution in [3.63, 3.8) is 0 Å². The monoisotopic (exact) mass is 820 g/mol. The Kier molecular flexibility index (Phi) is 10.1. The maximum Gasteiger partial charge on any atom is 0.338 e. The second-order valence-electron chi connectivity index (χ2n) is 10.1. The Hall–Kier alpha value is -2.97. The number of thiazole rings is 1. The summed E-state index contributed by atoms with van der Waals surface area (Å²) in [6, 6.07) is 20.8. The van der Waals surface area contributed by atoms with Crippen molar-refractivity contribution in [3.8, 4) is 11.5 Å². The lowest BCUT2D eigenvalue weighted by Gasteiger charge is -2.25. The van der Waals surface area contributed by atoms with E-state index >= 15 is 0 Å². The molecule has 0 fully saturated rings. The summed E-state index contributed by atoms with van der Waals surface area (Å²) in [6.45, 7) is 8.32. The fourth-order valence-electron chi connectivity index (χ4n) is 4.77. The molecule has 0 spiro atoms. The molecular formula is C33H30I2N2O5S. The molecule has 0 radical (unpaired) electrons. The summed E-state index contributed by atoms with van der Waals surface area (Å²) in [5.41, 5.74) is 3.39. The van der Waals surface area contributed by atoms with Crippen molar-refractivity contribution in [3.05, 3.63) is 122 Å². The van der Waals surface area contributed by atoms with Gasteiger partial charge in [0.05, 0.1) is 41.7 Å². The number of esters is 1. The summed E-state index contributed by atoms with van der Waals surface area (Å²) in [4.78, 5) is 32.6. The van der Waals surface area contributed by atoms with Crippen LogP contribution < -0.4 is 24.4 Å². The van der Waals surface area contributed by atoms with Crippen molar-refractivity contribution >= 4 is 68.6 Å². The molecule has 10 heteroatoms. The van der Waals surface area contributed by atoms with Gasteiger partial charge in [-0.3, -0.25) is 9.36 Å². The molecule has 2 heterocycles. The van der Waals surface area contributed by atoms with Crippen LogP contribution in [0.3, 0.4) is 0 Å². The van der Waals surface area contributed by atoms with E-state index in [1.54, 1.807) is 25.3 Å². The first kappa shape index (κ1) is 31.5. The molecule has 1 aliphatic rings. The van der Waals surface area contributed by atoms with E-state index in [0.717, 1.165) is 29.6 Å². The number of nitrogens with zero attached hydrogens (tertiary/aromatic N) is 2. The van der Waals surface area contributed by atoms with Gasteiger partial charge in [0.25, 0.3) is 5.56 Å². The van der Waals surface area contributed by atoms with Crippen molar-refractivity contribution in [1.82, 2.24) is 4.57 Å². The van der Waals surface area contributed by atoms with Crippen molar-refractivity contribution < 1.29 is 19.0 Å². The Balaban J connectivity index is 1.56. The lowest BCUT2D eigenvalue weighted by Crippen LogP contribution is -2.40. The van der Waals surface area contributed by atoms with Crippen molar-refractivity contribution in [1.29, 1.82) is 0 Å². The van der Waals surface area contributed by atoms with Crippen molar-refractivity contribution in [2.75, 3.05) is 6.61 Å². The Morgan fingerprint density at radius 1 is 1.05 bits per heavy atom. The normalized spacial score (nSPS) is 14.9. The minimum absolute atomic E-state index is 0.223. The highest BCUT2D eigenvalue weighted by Crippen LogP contribution is 2.33.